The summed E-state index contributed by atoms with van der Waals surface area (Å²) in [5.41, 5.74) is 6.75. The van der Waals surface area contributed by atoms with Crippen molar-refractivity contribution >= 4 is 17.4 Å². The molecule has 18 heavy (non-hydrogen) atoms. The molecule has 0 saturated carbocycles. The van der Waals surface area contributed by atoms with Gasteiger partial charge in [0.2, 0.25) is 0 Å². The minimum atomic E-state index is -0.397. The van der Waals surface area contributed by atoms with Crippen LogP contribution >= 0.6 is 11.8 Å². The molecule has 100 valence electrons. The molecule has 0 aliphatic rings. The highest BCUT2D eigenvalue weighted by Crippen LogP contribution is 2.27. The third-order valence-corrected chi connectivity index (χ3v) is 3.77. The van der Waals surface area contributed by atoms with Crippen LogP contribution in [-0.2, 0) is 5.75 Å². The summed E-state index contributed by atoms with van der Waals surface area (Å²) in [4.78, 5) is 10.3. The molecule has 0 aliphatic carbocycles. The van der Waals surface area contributed by atoms with E-state index < -0.39 is 4.92 Å². The molecule has 0 amide bonds. The van der Waals surface area contributed by atoms with Crippen molar-refractivity contribution in [2.75, 3.05) is 12.9 Å². The van der Waals surface area contributed by atoms with E-state index in [1.807, 2.05) is 6.92 Å². The van der Waals surface area contributed by atoms with Gasteiger partial charge in [-0.3, -0.25) is 10.1 Å². The van der Waals surface area contributed by atoms with Gasteiger partial charge < -0.3 is 10.5 Å². The average molecular weight is 270 g/mol. The predicted octanol–water partition coefficient (Wildman–Crippen LogP) is 2.57. The topological polar surface area (TPSA) is 78.4 Å². The molecule has 5 nitrogen and oxygen atoms in total. The Morgan fingerprint density at radius 1 is 1.56 bits per heavy atom. The van der Waals surface area contributed by atoms with E-state index in [2.05, 4.69) is 0 Å². The van der Waals surface area contributed by atoms with Gasteiger partial charge in [-0.1, -0.05) is 6.92 Å². The van der Waals surface area contributed by atoms with Crippen molar-refractivity contribution < 1.29 is 9.66 Å². The van der Waals surface area contributed by atoms with Crippen LogP contribution in [0.25, 0.3) is 0 Å². The van der Waals surface area contributed by atoms with Gasteiger partial charge in [0.05, 0.1) is 12.0 Å². The van der Waals surface area contributed by atoms with E-state index >= 15 is 0 Å². The molecule has 6 heteroatoms. The van der Waals surface area contributed by atoms with Gasteiger partial charge in [0, 0.05) is 35.2 Å². The van der Waals surface area contributed by atoms with Crippen molar-refractivity contribution in [1.29, 1.82) is 0 Å². The summed E-state index contributed by atoms with van der Waals surface area (Å²) in [6.07, 6.45) is 0.930. The lowest BCUT2D eigenvalue weighted by Gasteiger charge is -2.10. The van der Waals surface area contributed by atoms with Crippen LogP contribution in [0.4, 0.5) is 5.69 Å². The fraction of sp³-hybridized carbons (Fsp3) is 0.500. The summed E-state index contributed by atoms with van der Waals surface area (Å²) in [6.45, 7) is 2.04. The second-order valence-corrected chi connectivity index (χ2v) is 4.97. The summed E-state index contributed by atoms with van der Waals surface area (Å²) in [7, 11) is 1.56. The van der Waals surface area contributed by atoms with E-state index in [4.69, 9.17) is 10.5 Å². The molecule has 1 atom stereocenters. The molecule has 1 aromatic carbocycles. The first kappa shape index (κ1) is 14.8. The molecule has 0 bridgehead atoms. The zero-order valence-corrected chi connectivity index (χ0v) is 11.4. The quantitative estimate of drug-likeness (QED) is 0.608. The molecule has 1 aromatic rings. The van der Waals surface area contributed by atoms with E-state index in [0.29, 0.717) is 11.5 Å². The number of nitro benzene ring substituents is 1. The zero-order valence-electron chi connectivity index (χ0n) is 10.6. The van der Waals surface area contributed by atoms with Crippen molar-refractivity contribution in [3.05, 3.63) is 33.9 Å². The number of nitro groups is 1. The van der Waals surface area contributed by atoms with Crippen molar-refractivity contribution in [2.24, 2.45) is 5.73 Å². The Bertz CT molecular complexity index is 412. The Morgan fingerprint density at radius 3 is 2.83 bits per heavy atom. The summed E-state index contributed by atoms with van der Waals surface area (Å²) in [5.74, 6) is 2.18. The predicted molar refractivity (Wildman–Crippen MR) is 74.1 cm³/mol. The van der Waals surface area contributed by atoms with Gasteiger partial charge >= 0.3 is 0 Å². The van der Waals surface area contributed by atoms with E-state index in [-0.39, 0.29) is 11.7 Å². The van der Waals surface area contributed by atoms with Crippen molar-refractivity contribution in [2.45, 2.75) is 25.1 Å². The highest BCUT2D eigenvalue weighted by molar-refractivity contribution is 7.98. The molecule has 1 rings (SSSR count). The fourth-order valence-corrected chi connectivity index (χ4v) is 2.53. The molecule has 0 aromatic heterocycles. The van der Waals surface area contributed by atoms with Crippen LogP contribution in [0, 0.1) is 10.1 Å². The summed E-state index contributed by atoms with van der Waals surface area (Å²) in [6, 6.07) is 4.81. The minimum Gasteiger partial charge on any atom is -0.496 e. The van der Waals surface area contributed by atoms with Gasteiger partial charge in [0.1, 0.15) is 5.75 Å². The molecular formula is C12H18N2O3S. The Labute approximate surface area is 111 Å². The van der Waals surface area contributed by atoms with E-state index in [1.165, 1.54) is 6.07 Å². The lowest BCUT2D eigenvalue weighted by molar-refractivity contribution is -0.384. The van der Waals surface area contributed by atoms with Crippen LogP contribution in [0.15, 0.2) is 18.2 Å². The standard InChI is InChI=1S/C12H18N2O3S/c1-3-10(13)8-18-7-9-6-11(14(15)16)4-5-12(9)17-2/h4-6,10H,3,7-8,13H2,1-2H3. The lowest BCUT2D eigenvalue weighted by Crippen LogP contribution is -2.21. The second-order valence-electron chi connectivity index (χ2n) is 3.94. The number of nitrogens with zero attached hydrogens (tertiary/aromatic N) is 1. The van der Waals surface area contributed by atoms with Gasteiger partial charge in [-0.05, 0) is 12.5 Å². The molecule has 1 unspecified atom stereocenters. The van der Waals surface area contributed by atoms with Gasteiger partial charge in [0.15, 0.2) is 0 Å². The maximum atomic E-state index is 10.7. The first-order valence-electron chi connectivity index (χ1n) is 5.73. The monoisotopic (exact) mass is 270 g/mol. The molecule has 0 aliphatic heterocycles. The van der Waals surface area contributed by atoms with E-state index in [0.717, 1.165) is 17.7 Å². The number of thioether (sulfide) groups is 1. The van der Waals surface area contributed by atoms with Gasteiger partial charge in [0.25, 0.3) is 5.69 Å². The van der Waals surface area contributed by atoms with E-state index in [1.54, 1.807) is 31.0 Å². The Morgan fingerprint density at radius 2 is 2.28 bits per heavy atom. The van der Waals surface area contributed by atoms with Crippen LogP contribution < -0.4 is 10.5 Å². The van der Waals surface area contributed by atoms with Crippen molar-refractivity contribution in [3.63, 3.8) is 0 Å². The van der Waals surface area contributed by atoms with Gasteiger partial charge in [-0.25, -0.2) is 0 Å². The largest absolute Gasteiger partial charge is 0.496 e. The van der Waals surface area contributed by atoms with Gasteiger partial charge in [-0.15, -0.1) is 0 Å². The Kier molecular flexibility index (Phi) is 5.94. The number of rotatable bonds is 7. The molecule has 2 N–H and O–H groups in total. The Balaban J connectivity index is 2.72. The van der Waals surface area contributed by atoms with Gasteiger partial charge in [-0.2, -0.15) is 11.8 Å². The third-order valence-electron chi connectivity index (χ3n) is 2.59. The number of ether oxygens (including phenoxy) is 1. The Hall–Kier alpha value is -1.27. The number of hydrogen-bond acceptors (Lipinski definition) is 5. The highest BCUT2D eigenvalue weighted by Gasteiger charge is 2.11. The smallest absolute Gasteiger partial charge is 0.270 e. The van der Waals surface area contributed by atoms with Crippen LogP contribution in [0.3, 0.4) is 0 Å². The van der Waals surface area contributed by atoms with Crippen molar-refractivity contribution in [3.8, 4) is 5.75 Å². The molecular weight excluding hydrogens is 252 g/mol. The zero-order chi connectivity index (χ0) is 13.5. The van der Waals surface area contributed by atoms with Crippen LogP contribution in [-0.4, -0.2) is 23.8 Å². The van der Waals surface area contributed by atoms with Crippen molar-refractivity contribution in [1.82, 2.24) is 0 Å². The molecule has 0 saturated heterocycles. The van der Waals surface area contributed by atoms with Crippen LogP contribution in [0.2, 0.25) is 0 Å². The normalized spacial score (nSPS) is 12.2. The van der Waals surface area contributed by atoms with E-state index in [9.17, 15) is 10.1 Å². The number of nitrogens with two attached hydrogens (primary N) is 1. The minimum absolute atomic E-state index is 0.0891. The number of benzene rings is 1. The second kappa shape index (κ2) is 7.23. The molecule has 0 spiro atoms. The summed E-state index contributed by atoms with van der Waals surface area (Å²) < 4.78 is 5.20. The third kappa shape index (κ3) is 4.19. The summed E-state index contributed by atoms with van der Waals surface area (Å²) >= 11 is 1.66. The molecule has 0 heterocycles. The fourth-order valence-electron chi connectivity index (χ4n) is 1.43. The maximum absolute atomic E-state index is 10.7. The number of methoxy groups -OCH3 is 1. The number of non-ortho nitro benzene ring substituents is 1. The maximum Gasteiger partial charge on any atom is 0.270 e. The molecule has 0 fully saturated rings. The number of hydrogen-bond donors (Lipinski definition) is 1. The highest BCUT2D eigenvalue weighted by atomic mass is 32.2. The van der Waals surface area contributed by atoms with Crippen LogP contribution in [0.5, 0.6) is 5.75 Å². The lowest BCUT2D eigenvalue weighted by atomic mass is 10.2. The molecule has 0 radical (unpaired) electrons. The average Bonchev–Trinajstić information content (AvgIpc) is 2.38. The SMILES string of the molecule is CCC(N)CSCc1cc([N+](=O)[O-])ccc1OC. The van der Waals surface area contributed by atoms with Crippen LogP contribution in [0.1, 0.15) is 18.9 Å². The first-order valence-corrected chi connectivity index (χ1v) is 6.88. The summed E-state index contributed by atoms with van der Waals surface area (Å²) in [5, 5.41) is 10.7. The first-order chi connectivity index (χ1) is 8.58.